The first kappa shape index (κ1) is 15.9. The number of aromatic nitrogens is 1. The number of nitrogens with zero attached hydrogens (tertiary/aromatic N) is 1. The van der Waals surface area contributed by atoms with Gasteiger partial charge in [-0.2, -0.15) is 0 Å². The molecule has 0 fully saturated rings. The minimum atomic E-state index is -0.0519. The molecular formula is C19H13ClN2O2S. The smallest absolute Gasteiger partial charge is 0.229 e. The summed E-state index contributed by atoms with van der Waals surface area (Å²) in [4.78, 5) is 17.6. The first-order chi connectivity index (χ1) is 12.2. The molecule has 1 N–H and O–H groups in total. The maximum absolute atomic E-state index is 12.1. The Balaban J connectivity index is 1.56. The van der Waals surface area contributed by atoms with Gasteiger partial charge < -0.3 is 9.73 Å². The van der Waals surface area contributed by atoms with E-state index in [-0.39, 0.29) is 5.91 Å². The molecule has 0 saturated carbocycles. The zero-order valence-electron chi connectivity index (χ0n) is 13.0. The molecule has 0 bridgehead atoms. The molecule has 4 aromatic rings. The van der Waals surface area contributed by atoms with E-state index in [2.05, 4.69) is 10.3 Å². The van der Waals surface area contributed by atoms with E-state index in [4.69, 9.17) is 16.0 Å². The lowest BCUT2D eigenvalue weighted by Gasteiger charge is -2.05. The van der Waals surface area contributed by atoms with Gasteiger partial charge in [-0.25, -0.2) is 4.98 Å². The molecule has 6 heteroatoms. The summed E-state index contributed by atoms with van der Waals surface area (Å²) in [5, 5.41) is 5.48. The second-order valence-electron chi connectivity index (χ2n) is 5.52. The number of fused-ring (bicyclic) bond motifs is 1. The first-order valence-corrected chi connectivity index (χ1v) is 8.92. The molecule has 1 amide bonds. The standard InChI is InChI=1S/C19H13ClN2O2S/c20-13-6-7-17-16(10-13)22-19(24-17)12-3-1-4-14(9-12)21-18(23)11-15-5-2-8-25-15/h1-10H,11H2,(H,21,23). The molecule has 0 aliphatic heterocycles. The van der Waals surface area contributed by atoms with Gasteiger partial charge in [0.25, 0.3) is 0 Å². The zero-order chi connectivity index (χ0) is 17.2. The number of halogens is 1. The van der Waals surface area contributed by atoms with Crippen molar-refractivity contribution < 1.29 is 9.21 Å². The number of thiophene rings is 1. The third kappa shape index (κ3) is 3.57. The van der Waals surface area contributed by atoms with Gasteiger partial charge in [-0.15, -0.1) is 11.3 Å². The average molecular weight is 369 g/mol. The Hall–Kier alpha value is -2.63. The van der Waals surface area contributed by atoms with Crippen molar-refractivity contribution in [1.29, 1.82) is 0 Å². The highest BCUT2D eigenvalue weighted by molar-refractivity contribution is 7.10. The number of amides is 1. The molecule has 0 saturated heterocycles. The van der Waals surface area contributed by atoms with Gasteiger partial charge >= 0.3 is 0 Å². The fourth-order valence-corrected chi connectivity index (χ4v) is 3.40. The minimum absolute atomic E-state index is 0.0519. The van der Waals surface area contributed by atoms with Crippen molar-refractivity contribution in [2.24, 2.45) is 0 Å². The quantitative estimate of drug-likeness (QED) is 0.525. The van der Waals surface area contributed by atoms with Crippen LogP contribution in [0.25, 0.3) is 22.6 Å². The molecule has 2 aromatic heterocycles. The Kier molecular flexibility index (Phi) is 4.26. The lowest BCUT2D eigenvalue weighted by molar-refractivity contribution is -0.115. The number of benzene rings is 2. The normalized spacial score (nSPS) is 10.9. The largest absolute Gasteiger partial charge is 0.436 e. The lowest BCUT2D eigenvalue weighted by Crippen LogP contribution is -2.13. The van der Waals surface area contributed by atoms with E-state index in [9.17, 15) is 4.79 Å². The topological polar surface area (TPSA) is 55.1 Å². The summed E-state index contributed by atoms with van der Waals surface area (Å²) in [5.74, 6) is 0.440. The number of hydrogen-bond donors (Lipinski definition) is 1. The summed E-state index contributed by atoms with van der Waals surface area (Å²) >= 11 is 7.56. The van der Waals surface area contributed by atoms with Crippen LogP contribution in [0, 0.1) is 0 Å². The van der Waals surface area contributed by atoms with E-state index in [1.807, 2.05) is 41.8 Å². The van der Waals surface area contributed by atoms with E-state index in [0.29, 0.717) is 34.1 Å². The van der Waals surface area contributed by atoms with Crippen molar-refractivity contribution >= 4 is 45.6 Å². The number of nitrogens with one attached hydrogen (secondary N) is 1. The summed E-state index contributed by atoms with van der Waals surface area (Å²) in [6, 6.07) is 16.6. The van der Waals surface area contributed by atoms with Crippen LogP contribution >= 0.6 is 22.9 Å². The second kappa shape index (κ2) is 6.70. The number of anilines is 1. The predicted octanol–water partition coefficient (Wildman–Crippen LogP) is 5.39. The molecule has 4 rings (SSSR count). The average Bonchev–Trinajstić information content (AvgIpc) is 3.24. The van der Waals surface area contributed by atoms with Gasteiger partial charge in [0, 0.05) is 21.2 Å². The summed E-state index contributed by atoms with van der Waals surface area (Å²) in [6.45, 7) is 0. The van der Waals surface area contributed by atoms with E-state index in [0.717, 1.165) is 10.4 Å². The molecule has 124 valence electrons. The van der Waals surface area contributed by atoms with Crippen LogP contribution < -0.4 is 5.32 Å². The molecule has 4 nitrogen and oxygen atoms in total. The molecule has 0 spiro atoms. The highest BCUT2D eigenvalue weighted by Crippen LogP contribution is 2.27. The van der Waals surface area contributed by atoms with Gasteiger partial charge in [-0.3, -0.25) is 4.79 Å². The third-order valence-electron chi connectivity index (χ3n) is 3.66. The van der Waals surface area contributed by atoms with Crippen LogP contribution in [0.5, 0.6) is 0 Å². The van der Waals surface area contributed by atoms with E-state index in [1.54, 1.807) is 29.5 Å². The molecule has 0 atom stereocenters. The van der Waals surface area contributed by atoms with Crippen LogP contribution in [0.3, 0.4) is 0 Å². The Morgan fingerprint density at radius 3 is 2.92 bits per heavy atom. The second-order valence-corrected chi connectivity index (χ2v) is 6.98. The maximum Gasteiger partial charge on any atom is 0.229 e. The summed E-state index contributed by atoms with van der Waals surface area (Å²) in [7, 11) is 0. The van der Waals surface area contributed by atoms with Crippen LogP contribution in [0.2, 0.25) is 5.02 Å². The summed E-state index contributed by atoms with van der Waals surface area (Å²) in [5.41, 5.74) is 2.88. The van der Waals surface area contributed by atoms with Crippen molar-refractivity contribution in [3.05, 3.63) is 69.9 Å². The van der Waals surface area contributed by atoms with E-state index in [1.165, 1.54) is 0 Å². The number of carbonyl (C=O) groups is 1. The summed E-state index contributed by atoms with van der Waals surface area (Å²) in [6.07, 6.45) is 0.364. The van der Waals surface area contributed by atoms with Gasteiger partial charge in [0.2, 0.25) is 11.8 Å². The van der Waals surface area contributed by atoms with E-state index < -0.39 is 0 Å². The van der Waals surface area contributed by atoms with Crippen molar-refractivity contribution in [2.45, 2.75) is 6.42 Å². The van der Waals surface area contributed by atoms with Gasteiger partial charge in [-0.05, 0) is 47.8 Å². The van der Waals surface area contributed by atoms with Gasteiger partial charge in [0.15, 0.2) is 5.58 Å². The monoisotopic (exact) mass is 368 g/mol. The fraction of sp³-hybridized carbons (Fsp3) is 0.0526. The van der Waals surface area contributed by atoms with Crippen LogP contribution in [-0.4, -0.2) is 10.9 Å². The van der Waals surface area contributed by atoms with Crippen LogP contribution in [0.1, 0.15) is 4.88 Å². The number of rotatable bonds is 4. The third-order valence-corrected chi connectivity index (χ3v) is 4.77. The highest BCUT2D eigenvalue weighted by atomic mass is 35.5. The van der Waals surface area contributed by atoms with Crippen molar-refractivity contribution in [3.8, 4) is 11.5 Å². The maximum atomic E-state index is 12.1. The number of carbonyl (C=O) groups excluding carboxylic acids is 1. The Morgan fingerprint density at radius 2 is 2.08 bits per heavy atom. The van der Waals surface area contributed by atoms with Crippen LogP contribution in [0.15, 0.2) is 64.4 Å². The Morgan fingerprint density at radius 1 is 1.16 bits per heavy atom. The zero-order valence-corrected chi connectivity index (χ0v) is 14.6. The Labute approximate surface area is 153 Å². The van der Waals surface area contributed by atoms with Crippen LogP contribution in [-0.2, 0) is 11.2 Å². The van der Waals surface area contributed by atoms with Crippen molar-refractivity contribution in [3.63, 3.8) is 0 Å². The summed E-state index contributed by atoms with van der Waals surface area (Å²) < 4.78 is 5.77. The molecule has 0 unspecified atom stereocenters. The molecular weight excluding hydrogens is 356 g/mol. The van der Waals surface area contributed by atoms with Crippen LogP contribution in [0.4, 0.5) is 5.69 Å². The van der Waals surface area contributed by atoms with Gasteiger partial charge in [0.05, 0.1) is 6.42 Å². The Bertz CT molecular complexity index is 1040. The molecule has 25 heavy (non-hydrogen) atoms. The number of hydrogen-bond acceptors (Lipinski definition) is 4. The highest BCUT2D eigenvalue weighted by Gasteiger charge is 2.10. The van der Waals surface area contributed by atoms with Gasteiger partial charge in [0.1, 0.15) is 5.52 Å². The molecule has 2 aromatic carbocycles. The van der Waals surface area contributed by atoms with Crippen molar-refractivity contribution in [2.75, 3.05) is 5.32 Å². The predicted molar refractivity (Wildman–Crippen MR) is 101 cm³/mol. The fourth-order valence-electron chi connectivity index (χ4n) is 2.53. The molecule has 0 aliphatic rings. The van der Waals surface area contributed by atoms with E-state index >= 15 is 0 Å². The molecule has 2 heterocycles. The number of oxazole rings is 1. The lowest BCUT2D eigenvalue weighted by atomic mass is 10.2. The molecule has 0 radical (unpaired) electrons. The SMILES string of the molecule is O=C(Cc1cccs1)Nc1cccc(-c2nc3cc(Cl)ccc3o2)c1. The van der Waals surface area contributed by atoms with Gasteiger partial charge in [-0.1, -0.05) is 23.7 Å². The van der Waals surface area contributed by atoms with Crippen molar-refractivity contribution in [1.82, 2.24) is 4.98 Å². The molecule has 0 aliphatic carbocycles. The minimum Gasteiger partial charge on any atom is -0.436 e. The first-order valence-electron chi connectivity index (χ1n) is 7.66.